The summed E-state index contributed by atoms with van der Waals surface area (Å²) in [6, 6.07) is 0. The SMILES string of the molecule is C=CC(=O)OC#N.c1ncncn1. The third kappa shape index (κ3) is 7.61. The lowest BCUT2D eigenvalue weighted by Crippen LogP contribution is -1.91. The summed E-state index contributed by atoms with van der Waals surface area (Å²) in [7, 11) is 0. The van der Waals surface area contributed by atoms with E-state index in [0.717, 1.165) is 6.08 Å². The van der Waals surface area contributed by atoms with Crippen LogP contribution in [0.4, 0.5) is 0 Å². The first kappa shape index (κ1) is 10.7. The molecule has 0 aliphatic carbocycles. The van der Waals surface area contributed by atoms with Gasteiger partial charge in [-0.25, -0.2) is 19.7 Å². The van der Waals surface area contributed by atoms with Crippen LogP contribution in [0, 0.1) is 11.5 Å². The molecule has 0 N–H and O–H groups in total. The normalized spacial score (nSPS) is 7.00. The highest BCUT2D eigenvalue weighted by atomic mass is 16.5. The van der Waals surface area contributed by atoms with Crippen molar-refractivity contribution in [3.05, 3.63) is 31.6 Å². The van der Waals surface area contributed by atoms with Crippen molar-refractivity contribution in [3.63, 3.8) is 0 Å². The average molecular weight is 178 g/mol. The van der Waals surface area contributed by atoms with Crippen LogP contribution < -0.4 is 0 Å². The minimum absolute atomic E-state index is 0.720. The highest BCUT2D eigenvalue weighted by molar-refractivity contribution is 5.81. The Morgan fingerprint density at radius 3 is 2.00 bits per heavy atom. The van der Waals surface area contributed by atoms with Crippen LogP contribution in [-0.4, -0.2) is 20.9 Å². The van der Waals surface area contributed by atoms with Gasteiger partial charge in [-0.3, -0.25) is 0 Å². The zero-order valence-corrected chi connectivity index (χ0v) is 6.62. The van der Waals surface area contributed by atoms with Crippen LogP contribution in [-0.2, 0) is 9.53 Å². The van der Waals surface area contributed by atoms with Crippen molar-refractivity contribution in [1.82, 2.24) is 15.0 Å². The van der Waals surface area contributed by atoms with E-state index in [2.05, 4.69) is 26.3 Å². The molecule has 0 radical (unpaired) electrons. The van der Waals surface area contributed by atoms with E-state index in [1.54, 1.807) is 0 Å². The number of carbonyl (C=O) groups excluding carboxylic acids is 1. The second-order valence-electron chi connectivity index (χ2n) is 1.51. The summed E-state index contributed by atoms with van der Waals surface area (Å²) in [6.45, 7) is 3.05. The third-order valence-electron chi connectivity index (χ3n) is 0.713. The van der Waals surface area contributed by atoms with Crippen molar-refractivity contribution in [3.8, 4) is 6.26 Å². The van der Waals surface area contributed by atoms with E-state index in [4.69, 9.17) is 5.26 Å². The van der Waals surface area contributed by atoms with Gasteiger partial charge in [-0.2, -0.15) is 0 Å². The maximum Gasteiger partial charge on any atom is 0.345 e. The Bertz CT molecular complexity index is 266. The van der Waals surface area contributed by atoms with Crippen LogP contribution in [0.15, 0.2) is 31.6 Å². The van der Waals surface area contributed by atoms with Crippen LogP contribution in [0.5, 0.6) is 0 Å². The van der Waals surface area contributed by atoms with Crippen molar-refractivity contribution in [1.29, 1.82) is 5.26 Å². The van der Waals surface area contributed by atoms with Crippen LogP contribution in [0.2, 0.25) is 0 Å². The molecule has 13 heavy (non-hydrogen) atoms. The summed E-state index contributed by atoms with van der Waals surface area (Å²) in [5, 5.41) is 7.63. The van der Waals surface area contributed by atoms with Gasteiger partial charge < -0.3 is 4.74 Å². The first-order valence-electron chi connectivity index (χ1n) is 3.08. The van der Waals surface area contributed by atoms with Crippen molar-refractivity contribution < 1.29 is 9.53 Å². The predicted octanol–water partition coefficient (Wildman–Crippen LogP) is 0.0683. The summed E-state index contributed by atoms with van der Waals surface area (Å²) in [5.41, 5.74) is 0. The molecule has 0 atom stereocenters. The molecule has 1 aromatic heterocycles. The summed E-state index contributed by atoms with van der Waals surface area (Å²) in [5.74, 6) is -0.720. The maximum atomic E-state index is 9.85. The summed E-state index contributed by atoms with van der Waals surface area (Å²) in [6.07, 6.45) is 6.43. The van der Waals surface area contributed by atoms with Gasteiger partial charge in [0, 0.05) is 6.08 Å². The number of carbonyl (C=O) groups is 1. The van der Waals surface area contributed by atoms with E-state index in [1.807, 2.05) is 0 Å². The average Bonchev–Trinajstić information content (AvgIpc) is 2.22. The molecular weight excluding hydrogens is 172 g/mol. The van der Waals surface area contributed by atoms with Gasteiger partial charge in [0.15, 0.2) is 0 Å². The molecule has 0 aliphatic heterocycles. The van der Waals surface area contributed by atoms with Crippen molar-refractivity contribution in [2.45, 2.75) is 0 Å². The largest absolute Gasteiger partial charge is 0.347 e. The molecular formula is C7H6N4O2. The minimum atomic E-state index is -0.720. The molecule has 66 valence electrons. The lowest BCUT2D eigenvalue weighted by atomic mass is 10.7. The number of esters is 1. The molecule has 0 bridgehead atoms. The predicted molar refractivity (Wildman–Crippen MR) is 41.7 cm³/mol. The molecule has 0 aliphatic rings. The van der Waals surface area contributed by atoms with E-state index < -0.39 is 5.97 Å². The molecule has 1 rings (SSSR count). The van der Waals surface area contributed by atoms with Gasteiger partial charge in [-0.05, 0) is 0 Å². The van der Waals surface area contributed by atoms with Gasteiger partial charge in [0.05, 0.1) is 0 Å². The molecule has 0 amide bonds. The van der Waals surface area contributed by atoms with Crippen molar-refractivity contribution >= 4 is 5.97 Å². The summed E-state index contributed by atoms with van der Waals surface area (Å²) in [4.78, 5) is 20.5. The molecule has 1 aromatic rings. The highest BCUT2D eigenvalue weighted by Crippen LogP contribution is 1.71. The monoisotopic (exact) mass is 178 g/mol. The lowest BCUT2D eigenvalue weighted by Gasteiger charge is -1.77. The zero-order chi connectivity index (χ0) is 9.94. The number of hydrogen-bond donors (Lipinski definition) is 0. The van der Waals surface area contributed by atoms with E-state index in [1.165, 1.54) is 25.2 Å². The first-order valence-corrected chi connectivity index (χ1v) is 3.08. The summed E-state index contributed by atoms with van der Waals surface area (Å²) < 4.78 is 3.74. The van der Waals surface area contributed by atoms with E-state index >= 15 is 0 Å². The number of aromatic nitrogens is 3. The Morgan fingerprint density at radius 1 is 1.38 bits per heavy atom. The fourth-order valence-corrected chi connectivity index (χ4v) is 0.292. The van der Waals surface area contributed by atoms with Gasteiger partial charge in [0.1, 0.15) is 19.0 Å². The van der Waals surface area contributed by atoms with Crippen LogP contribution in [0.25, 0.3) is 0 Å². The Labute approximate surface area is 74.5 Å². The minimum Gasteiger partial charge on any atom is -0.347 e. The van der Waals surface area contributed by atoms with Crippen LogP contribution >= 0.6 is 0 Å². The quantitative estimate of drug-likeness (QED) is 0.343. The maximum absolute atomic E-state index is 9.85. The standard InChI is InChI=1S/C4H3NO2.C3H3N3/c1-2-4(6)7-3-5;1-4-2-6-3-5-1/h2H,1H2;1-3H. The Kier molecular flexibility index (Phi) is 6.44. The summed E-state index contributed by atoms with van der Waals surface area (Å²) >= 11 is 0. The van der Waals surface area contributed by atoms with Gasteiger partial charge in [-0.15, -0.1) is 5.26 Å². The Morgan fingerprint density at radius 2 is 1.85 bits per heavy atom. The molecule has 6 nitrogen and oxygen atoms in total. The molecule has 0 spiro atoms. The first-order chi connectivity index (χ1) is 6.31. The number of ether oxygens (including phenoxy) is 1. The van der Waals surface area contributed by atoms with Gasteiger partial charge >= 0.3 is 5.97 Å². The van der Waals surface area contributed by atoms with Crippen LogP contribution in [0.3, 0.4) is 0 Å². The Balaban J connectivity index is 0.000000223. The number of rotatable bonds is 1. The Hall–Kier alpha value is -2.29. The molecule has 0 saturated heterocycles. The van der Waals surface area contributed by atoms with Gasteiger partial charge in [0.2, 0.25) is 0 Å². The molecule has 0 aromatic carbocycles. The third-order valence-corrected chi connectivity index (χ3v) is 0.713. The van der Waals surface area contributed by atoms with Crippen LogP contribution in [0.1, 0.15) is 0 Å². The lowest BCUT2D eigenvalue weighted by molar-refractivity contribution is -0.131. The fourth-order valence-electron chi connectivity index (χ4n) is 0.292. The van der Waals surface area contributed by atoms with Gasteiger partial charge in [0.25, 0.3) is 6.26 Å². The molecule has 0 fully saturated rings. The van der Waals surface area contributed by atoms with Crippen molar-refractivity contribution in [2.75, 3.05) is 0 Å². The number of hydrogen-bond acceptors (Lipinski definition) is 6. The van der Waals surface area contributed by atoms with Gasteiger partial charge in [-0.1, -0.05) is 6.58 Å². The van der Waals surface area contributed by atoms with E-state index in [0.29, 0.717) is 0 Å². The highest BCUT2D eigenvalue weighted by Gasteiger charge is 1.87. The molecule has 1 heterocycles. The van der Waals surface area contributed by atoms with E-state index in [-0.39, 0.29) is 0 Å². The molecule has 6 heteroatoms. The second kappa shape index (κ2) is 7.81. The smallest absolute Gasteiger partial charge is 0.345 e. The zero-order valence-electron chi connectivity index (χ0n) is 6.62. The van der Waals surface area contributed by atoms with Crippen molar-refractivity contribution in [2.24, 2.45) is 0 Å². The number of nitriles is 1. The fraction of sp³-hybridized carbons (Fsp3) is 0. The topological polar surface area (TPSA) is 88.8 Å². The molecule has 0 saturated carbocycles. The second-order valence-corrected chi connectivity index (χ2v) is 1.51. The van der Waals surface area contributed by atoms with E-state index in [9.17, 15) is 4.79 Å². The number of nitrogens with zero attached hydrogens (tertiary/aromatic N) is 4. The molecule has 0 unspecified atom stereocenters.